The van der Waals surface area contributed by atoms with Crippen LogP contribution in [0.15, 0.2) is 48.7 Å². The first kappa shape index (κ1) is 19.7. The lowest BCUT2D eigenvalue weighted by molar-refractivity contribution is 0.234. The number of benzene rings is 1. The number of fused-ring (bicyclic) bond motifs is 1. The van der Waals surface area contributed by atoms with Gasteiger partial charge in [0.25, 0.3) is 0 Å². The quantitative estimate of drug-likeness (QED) is 0.627. The molecule has 0 radical (unpaired) electrons. The lowest BCUT2D eigenvalue weighted by Gasteiger charge is -2.19. The number of amides is 2. The molecule has 2 amide bonds. The van der Waals surface area contributed by atoms with E-state index in [1.54, 1.807) is 7.11 Å². The molecule has 0 aliphatic rings. The second-order valence-electron chi connectivity index (χ2n) is 7.17. The number of pyridine rings is 1. The number of ether oxygens (including phenoxy) is 1. The number of hydrogen-bond acceptors (Lipinski definition) is 4. The number of urea groups is 1. The van der Waals surface area contributed by atoms with Crippen LogP contribution >= 0.6 is 0 Å². The molecule has 0 saturated heterocycles. The van der Waals surface area contributed by atoms with E-state index in [-0.39, 0.29) is 12.1 Å². The van der Waals surface area contributed by atoms with Crippen molar-refractivity contribution in [2.75, 3.05) is 13.7 Å². The molecule has 0 spiro atoms. The minimum Gasteiger partial charge on any atom is -0.497 e. The van der Waals surface area contributed by atoms with E-state index in [1.807, 2.05) is 53.1 Å². The first-order chi connectivity index (χ1) is 13.6. The Labute approximate surface area is 165 Å². The average molecular weight is 381 g/mol. The predicted octanol–water partition coefficient (Wildman–Crippen LogP) is 3.37. The van der Waals surface area contributed by atoms with Crippen molar-refractivity contribution in [2.24, 2.45) is 5.92 Å². The summed E-state index contributed by atoms with van der Waals surface area (Å²) in [4.78, 5) is 12.5. The molecule has 0 saturated carbocycles. The van der Waals surface area contributed by atoms with Gasteiger partial charge in [-0.25, -0.2) is 4.79 Å². The fourth-order valence-corrected chi connectivity index (χ4v) is 3.12. The van der Waals surface area contributed by atoms with Crippen LogP contribution in [0.5, 0.6) is 5.75 Å². The van der Waals surface area contributed by atoms with Crippen molar-refractivity contribution in [1.82, 2.24) is 25.2 Å². The molecule has 7 nitrogen and oxygen atoms in total. The summed E-state index contributed by atoms with van der Waals surface area (Å²) in [5.41, 5.74) is 1.91. The van der Waals surface area contributed by atoms with Crippen LogP contribution in [-0.4, -0.2) is 34.3 Å². The second kappa shape index (κ2) is 9.21. The summed E-state index contributed by atoms with van der Waals surface area (Å²) in [5, 5.41) is 14.5. The summed E-state index contributed by atoms with van der Waals surface area (Å²) in [7, 11) is 1.65. The van der Waals surface area contributed by atoms with Gasteiger partial charge in [0.15, 0.2) is 11.5 Å². The summed E-state index contributed by atoms with van der Waals surface area (Å²) in [5.74, 6) is 1.97. The second-order valence-corrected chi connectivity index (χ2v) is 7.17. The number of nitrogens with zero attached hydrogens (tertiary/aromatic N) is 3. The Balaban J connectivity index is 1.60. The van der Waals surface area contributed by atoms with Gasteiger partial charge < -0.3 is 15.4 Å². The van der Waals surface area contributed by atoms with Gasteiger partial charge in [0.2, 0.25) is 0 Å². The fourth-order valence-electron chi connectivity index (χ4n) is 3.12. The summed E-state index contributed by atoms with van der Waals surface area (Å²) in [6.07, 6.45) is 3.45. The van der Waals surface area contributed by atoms with Gasteiger partial charge in [-0.3, -0.25) is 4.40 Å². The third kappa shape index (κ3) is 5.00. The summed E-state index contributed by atoms with van der Waals surface area (Å²) >= 11 is 0. The molecule has 0 fully saturated rings. The van der Waals surface area contributed by atoms with E-state index in [0.29, 0.717) is 12.5 Å². The smallest absolute Gasteiger partial charge is 0.315 e. The van der Waals surface area contributed by atoms with E-state index >= 15 is 0 Å². The van der Waals surface area contributed by atoms with Gasteiger partial charge in [-0.05, 0) is 48.6 Å². The van der Waals surface area contributed by atoms with E-state index in [9.17, 15) is 4.79 Å². The number of methoxy groups -OCH3 is 1. The normalized spacial score (nSPS) is 12.1. The highest BCUT2D eigenvalue weighted by molar-refractivity contribution is 5.74. The van der Waals surface area contributed by atoms with Crippen LogP contribution in [-0.2, 0) is 6.42 Å². The highest BCUT2D eigenvalue weighted by Crippen LogP contribution is 2.20. The van der Waals surface area contributed by atoms with E-state index in [1.165, 1.54) is 0 Å². The van der Waals surface area contributed by atoms with Gasteiger partial charge in [-0.15, -0.1) is 10.2 Å². The SMILES string of the molecule is COc1ccc(CCNC(=O)N[C@@H](CC(C)C)c2nnc3ccccn23)cc1. The molecule has 2 N–H and O–H groups in total. The molecule has 3 rings (SSSR count). The van der Waals surface area contributed by atoms with Crippen molar-refractivity contribution in [3.63, 3.8) is 0 Å². The monoisotopic (exact) mass is 381 g/mol. The number of nitrogens with one attached hydrogen (secondary N) is 2. The van der Waals surface area contributed by atoms with Gasteiger partial charge >= 0.3 is 6.03 Å². The molecule has 2 aromatic heterocycles. The minimum absolute atomic E-state index is 0.202. The van der Waals surface area contributed by atoms with Crippen LogP contribution in [0.4, 0.5) is 4.79 Å². The van der Waals surface area contributed by atoms with Gasteiger partial charge in [-0.1, -0.05) is 32.0 Å². The third-order valence-electron chi connectivity index (χ3n) is 4.52. The maximum absolute atomic E-state index is 12.5. The van der Waals surface area contributed by atoms with E-state index in [2.05, 4.69) is 34.7 Å². The van der Waals surface area contributed by atoms with Gasteiger partial charge in [0, 0.05) is 12.7 Å². The number of carbonyl (C=O) groups excluding carboxylic acids is 1. The fraction of sp³-hybridized carbons (Fsp3) is 0.381. The molecule has 3 aromatic rings. The van der Waals surface area contributed by atoms with E-state index in [4.69, 9.17) is 4.74 Å². The van der Waals surface area contributed by atoms with Crippen molar-refractivity contribution < 1.29 is 9.53 Å². The number of carbonyl (C=O) groups is 1. The summed E-state index contributed by atoms with van der Waals surface area (Å²) in [6, 6.07) is 13.2. The molecule has 0 bridgehead atoms. The predicted molar refractivity (Wildman–Crippen MR) is 108 cm³/mol. The van der Waals surface area contributed by atoms with Crippen LogP contribution in [0.25, 0.3) is 5.65 Å². The highest BCUT2D eigenvalue weighted by atomic mass is 16.5. The van der Waals surface area contributed by atoms with Crippen LogP contribution in [0.1, 0.15) is 37.7 Å². The van der Waals surface area contributed by atoms with Crippen LogP contribution < -0.4 is 15.4 Å². The van der Waals surface area contributed by atoms with Crippen molar-refractivity contribution in [3.05, 3.63) is 60.0 Å². The number of hydrogen-bond donors (Lipinski definition) is 2. The van der Waals surface area contributed by atoms with Gasteiger partial charge in [0.05, 0.1) is 13.2 Å². The zero-order valence-electron chi connectivity index (χ0n) is 16.6. The zero-order chi connectivity index (χ0) is 19.9. The zero-order valence-corrected chi connectivity index (χ0v) is 16.6. The molecule has 28 heavy (non-hydrogen) atoms. The van der Waals surface area contributed by atoms with Crippen LogP contribution in [0, 0.1) is 5.92 Å². The van der Waals surface area contributed by atoms with Crippen molar-refractivity contribution >= 4 is 11.7 Å². The van der Waals surface area contributed by atoms with Crippen molar-refractivity contribution in [3.8, 4) is 5.75 Å². The number of aromatic nitrogens is 3. The molecular weight excluding hydrogens is 354 g/mol. The van der Waals surface area contributed by atoms with Crippen molar-refractivity contribution in [2.45, 2.75) is 32.7 Å². The molecule has 0 aliphatic heterocycles. The Morgan fingerprint density at radius 1 is 1.14 bits per heavy atom. The van der Waals surface area contributed by atoms with Crippen LogP contribution in [0.2, 0.25) is 0 Å². The van der Waals surface area contributed by atoms with Gasteiger partial charge in [0.1, 0.15) is 5.75 Å². The lowest BCUT2D eigenvalue weighted by atomic mass is 10.0. The van der Waals surface area contributed by atoms with Crippen LogP contribution in [0.3, 0.4) is 0 Å². The molecule has 1 aromatic carbocycles. The minimum atomic E-state index is -0.210. The Hall–Kier alpha value is -3.09. The molecular formula is C21H27N5O2. The molecule has 148 valence electrons. The molecule has 0 unspecified atom stereocenters. The molecule has 2 heterocycles. The van der Waals surface area contributed by atoms with Gasteiger partial charge in [-0.2, -0.15) is 0 Å². The highest BCUT2D eigenvalue weighted by Gasteiger charge is 2.21. The van der Waals surface area contributed by atoms with Crippen molar-refractivity contribution in [1.29, 1.82) is 0 Å². The molecule has 1 atom stereocenters. The average Bonchev–Trinajstić information content (AvgIpc) is 3.12. The van der Waals surface area contributed by atoms with E-state index in [0.717, 1.165) is 35.6 Å². The Kier molecular flexibility index (Phi) is 6.47. The third-order valence-corrected chi connectivity index (χ3v) is 4.52. The standard InChI is InChI=1S/C21H27N5O2/c1-15(2)14-18(20-25-24-19-6-4-5-13-26(19)20)23-21(27)22-12-11-16-7-9-17(28-3)10-8-16/h4-10,13,15,18H,11-12,14H2,1-3H3,(H2,22,23,27)/t18-/m0/s1. The topological polar surface area (TPSA) is 80.5 Å². The summed E-state index contributed by atoms with van der Waals surface area (Å²) in [6.45, 7) is 4.80. The molecule has 7 heteroatoms. The first-order valence-corrected chi connectivity index (χ1v) is 9.53. The summed E-state index contributed by atoms with van der Waals surface area (Å²) < 4.78 is 7.08. The number of rotatable bonds is 8. The van der Waals surface area contributed by atoms with E-state index < -0.39 is 0 Å². The first-order valence-electron chi connectivity index (χ1n) is 9.53. The maximum Gasteiger partial charge on any atom is 0.315 e. The molecule has 0 aliphatic carbocycles. The lowest BCUT2D eigenvalue weighted by Crippen LogP contribution is -2.40. The Morgan fingerprint density at radius 3 is 2.64 bits per heavy atom. The Bertz CT molecular complexity index is 905. The maximum atomic E-state index is 12.5. The Morgan fingerprint density at radius 2 is 1.93 bits per heavy atom. The largest absolute Gasteiger partial charge is 0.497 e.